The lowest BCUT2D eigenvalue weighted by Crippen LogP contribution is -2.14. The Labute approximate surface area is 129 Å². The number of hydrogen-bond donors (Lipinski definition) is 1. The van der Waals surface area contributed by atoms with Crippen molar-refractivity contribution < 1.29 is 4.42 Å². The van der Waals surface area contributed by atoms with Gasteiger partial charge in [-0.15, -0.1) is 0 Å². The van der Waals surface area contributed by atoms with Gasteiger partial charge in [-0.05, 0) is 56.3 Å². The lowest BCUT2D eigenvalue weighted by Gasteiger charge is -2.10. The van der Waals surface area contributed by atoms with Gasteiger partial charge in [-0.25, -0.2) is 4.98 Å². The molecule has 0 fully saturated rings. The van der Waals surface area contributed by atoms with E-state index in [0.717, 1.165) is 46.4 Å². The number of rotatable bonds is 6. The Kier molecular flexibility index (Phi) is 5.52. The predicted molar refractivity (Wildman–Crippen MR) is 83.5 cm³/mol. The number of aromatic nitrogens is 1. The van der Waals surface area contributed by atoms with E-state index >= 15 is 0 Å². The highest BCUT2D eigenvalue weighted by atomic mass is 35.5. The van der Waals surface area contributed by atoms with Gasteiger partial charge in [0.05, 0.1) is 5.69 Å². The number of hydrogen-bond acceptors (Lipinski definition) is 4. The average Bonchev–Trinajstić information content (AvgIpc) is 2.72. The van der Waals surface area contributed by atoms with Crippen LogP contribution >= 0.6 is 23.4 Å². The summed E-state index contributed by atoms with van der Waals surface area (Å²) in [6.45, 7) is 7.76. The first kappa shape index (κ1) is 15.4. The van der Waals surface area contributed by atoms with Crippen molar-refractivity contribution in [3.8, 4) is 0 Å². The van der Waals surface area contributed by atoms with Gasteiger partial charge in [0.2, 0.25) is 0 Å². The molecule has 108 valence electrons. The molecule has 0 bridgehead atoms. The third kappa shape index (κ3) is 3.78. The van der Waals surface area contributed by atoms with E-state index in [0.29, 0.717) is 5.22 Å². The van der Waals surface area contributed by atoms with Gasteiger partial charge in [-0.2, -0.15) is 0 Å². The minimum Gasteiger partial charge on any atom is -0.436 e. The maximum absolute atomic E-state index is 6.31. The Morgan fingerprint density at radius 2 is 2.15 bits per heavy atom. The lowest BCUT2D eigenvalue weighted by molar-refractivity contribution is 0.431. The zero-order valence-electron chi connectivity index (χ0n) is 12.0. The second-order valence-corrected chi connectivity index (χ2v) is 6.02. The van der Waals surface area contributed by atoms with Crippen LogP contribution in [0.1, 0.15) is 30.4 Å². The zero-order chi connectivity index (χ0) is 14.5. The van der Waals surface area contributed by atoms with E-state index in [1.165, 1.54) is 11.8 Å². The fourth-order valence-corrected chi connectivity index (χ4v) is 3.06. The van der Waals surface area contributed by atoms with E-state index < -0.39 is 0 Å². The molecule has 0 saturated carbocycles. The van der Waals surface area contributed by atoms with Crippen molar-refractivity contribution in [1.82, 2.24) is 10.3 Å². The van der Waals surface area contributed by atoms with E-state index in [9.17, 15) is 0 Å². The number of oxazole rings is 1. The summed E-state index contributed by atoms with van der Waals surface area (Å²) < 4.78 is 5.63. The summed E-state index contributed by atoms with van der Waals surface area (Å²) in [6.07, 6.45) is 1.10. The molecule has 0 amide bonds. The maximum Gasteiger partial charge on any atom is 0.261 e. The van der Waals surface area contributed by atoms with Crippen LogP contribution in [0.15, 0.2) is 32.7 Å². The van der Waals surface area contributed by atoms with Gasteiger partial charge in [0.15, 0.2) is 0 Å². The molecule has 0 atom stereocenters. The first-order chi connectivity index (χ1) is 9.61. The number of benzene rings is 1. The minimum absolute atomic E-state index is 0.666. The van der Waals surface area contributed by atoms with Gasteiger partial charge in [-0.3, -0.25) is 0 Å². The molecule has 2 aromatic rings. The van der Waals surface area contributed by atoms with Crippen LogP contribution in [0, 0.1) is 13.8 Å². The molecule has 1 heterocycles. The topological polar surface area (TPSA) is 38.1 Å². The van der Waals surface area contributed by atoms with E-state index in [4.69, 9.17) is 16.0 Å². The number of nitrogens with zero attached hydrogens (tertiary/aromatic N) is 1. The molecule has 1 aromatic carbocycles. The summed E-state index contributed by atoms with van der Waals surface area (Å²) >= 11 is 7.83. The second-order valence-electron chi connectivity index (χ2n) is 4.62. The fraction of sp³-hybridized carbons (Fsp3) is 0.400. The Hall–Kier alpha value is -0.970. The molecule has 1 aromatic heterocycles. The van der Waals surface area contributed by atoms with Crippen molar-refractivity contribution in [1.29, 1.82) is 0 Å². The van der Waals surface area contributed by atoms with Crippen LogP contribution in [-0.4, -0.2) is 11.5 Å². The summed E-state index contributed by atoms with van der Waals surface area (Å²) in [6, 6.07) is 5.92. The van der Waals surface area contributed by atoms with E-state index in [-0.39, 0.29) is 0 Å². The van der Waals surface area contributed by atoms with Crippen LogP contribution < -0.4 is 5.32 Å². The van der Waals surface area contributed by atoms with Crippen molar-refractivity contribution in [3.63, 3.8) is 0 Å². The van der Waals surface area contributed by atoms with Crippen molar-refractivity contribution in [2.75, 3.05) is 6.54 Å². The molecule has 1 N–H and O–H groups in total. The Balaban J connectivity index is 2.19. The molecule has 2 rings (SSSR count). The highest BCUT2D eigenvalue weighted by Gasteiger charge is 2.12. The summed E-state index contributed by atoms with van der Waals surface area (Å²) in [4.78, 5) is 5.49. The largest absolute Gasteiger partial charge is 0.436 e. The molecular weight excluding hydrogens is 292 g/mol. The molecule has 0 unspecified atom stereocenters. The van der Waals surface area contributed by atoms with Crippen LogP contribution in [-0.2, 0) is 6.54 Å². The van der Waals surface area contributed by atoms with Crippen LogP contribution in [0.25, 0.3) is 0 Å². The van der Waals surface area contributed by atoms with Crippen LogP contribution in [0.4, 0.5) is 0 Å². The summed E-state index contributed by atoms with van der Waals surface area (Å²) in [5.41, 5.74) is 2.03. The molecule has 0 aliphatic heterocycles. The van der Waals surface area contributed by atoms with Gasteiger partial charge in [-0.1, -0.05) is 24.6 Å². The predicted octanol–water partition coefficient (Wildman–Crippen LogP) is 4.60. The number of aryl methyl sites for hydroxylation is 2. The molecule has 0 aliphatic carbocycles. The zero-order valence-corrected chi connectivity index (χ0v) is 13.6. The van der Waals surface area contributed by atoms with Crippen molar-refractivity contribution in [2.45, 2.75) is 43.9 Å². The lowest BCUT2D eigenvalue weighted by atomic mass is 10.2. The van der Waals surface area contributed by atoms with E-state index in [1.54, 1.807) is 0 Å². The average molecular weight is 311 g/mol. The smallest absolute Gasteiger partial charge is 0.261 e. The first-order valence-corrected chi connectivity index (χ1v) is 7.91. The quantitative estimate of drug-likeness (QED) is 0.792. The molecule has 0 saturated heterocycles. The number of halogens is 1. The Morgan fingerprint density at radius 3 is 2.80 bits per heavy atom. The summed E-state index contributed by atoms with van der Waals surface area (Å²) in [7, 11) is 0. The van der Waals surface area contributed by atoms with Gasteiger partial charge < -0.3 is 9.73 Å². The first-order valence-electron chi connectivity index (χ1n) is 6.71. The maximum atomic E-state index is 6.31. The fourth-order valence-electron chi connectivity index (χ4n) is 1.78. The normalized spacial score (nSPS) is 11.0. The van der Waals surface area contributed by atoms with Crippen molar-refractivity contribution in [2.24, 2.45) is 0 Å². The monoisotopic (exact) mass is 310 g/mol. The van der Waals surface area contributed by atoms with Crippen LogP contribution in [0.2, 0.25) is 5.02 Å². The molecule has 0 radical (unpaired) electrons. The molecular formula is C15H19ClN2OS. The minimum atomic E-state index is 0.666. The SMILES string of the molecule is CCCNCc1c(Cl)cccc1Sc1nc(C)c(C)o1. The van der Waals surface area contributed by atoms with E-state index in [1.807, 2.05) is 32.0 Å². The standard InChI is InChI=1S/C15H19ClN2OS/c1-4-8-17-9-12-13(16)6-5-7-14(12)20-15-18-10(2)11(3)19-15/h5-7,17H,4,8-9H2,1-3H3. The van der Waals surface area contributed by atoms with Gasteiger partial charge in [0, 0.05) is 16.5 Å². The Bertz CT molecular complexity index is 564. The molecule has 3 nitrogen and oxygen atoms in total. The third-order valence-electron chi connectivity index (χ3n) is 3.01. The van der Waals surface area contributed by atoms with E-state index in [2.05, 4.69) is 17.2 Å². The second kappa shape index (κ2) is 7.16. The van der Waals surface area contributed by atoms with Gasteiger partial charge in [0.1, 0.15) is 5.76 Å². The molecule has 20 heavy (non-hydrogen) atoms. The van der Waals surface area contributed by atoms with Crippen molar-refractivity contribution >= 4 is 23.4 Å². The third-order valence-corrected chi connectivity index (χ3v) is 4.32. The highest BCUT2D eigenvalue weighted by Crippen LogP contribution is 2.34. The highest BCUT2D eigenvalue weighted by molar-refractivity contribution is 7.99. The Morgan fingerprint density at radius 1 is 1.35 bits per heavy atom. The number of nitrogens with one attached hydrogen (secondary N) is 1. The molecule has 0 aliphatic rings. The van der Waals surface area contributed by atoms with Crippen LogP contribution in [0.5, 0.6) is 0 Å². The van der Waals surface area contributed by atoms with Crippen LogP contribution in [0.3, 0.4) is 0 Å². The van der Waals surface area contributed by atoms with Crippen molar-refractivity contribution in [3.05, 3.63) is 40.2 Å². The van der Waals surface area contributed by atoms with Gasteiger partial charge in [0.25, 0.3) is 5.22 Å². The summed E-state index contributed by atoms with van der Waals surface area (Å²) in [5.74, 6) is 0.861. The van der Waals surface area contributed by atoms with Gasteiger partial charge >= 0.3 is 0 Å². The summed E-state index contributed by atoms with van der Waals surface area (Å²) in [5, 5.41) is 4.83. The molecule has 0 spiro atoms. The molecule has 5 heteroatoms.